The Kier molecular flexibility index (Phi) is 1.72. The fraction of sp³-hybridized carbons (Fsp3) is 0.333. The summed E-state index contributed by atoms with van der Waals surface area (Å²) in [5, 5.41) is 9.02. The Labute approximate surface area is 96.7 Å². The third kappa shape index (κ3) is 1.06. The van der Waals surface area contributed by atoms with Crippen LogP contribution in [0.3, 0.4) is 0 Å². The number of carbonyl (C=O) groups is 2. The van der Waals surface area contributed by atoms with E-state index < -0.39 is 23.1 Å². The van der Waals surface area contributed by atoms with Crippen LogP contribution in [0.4, 0.5) is 10.1 Å². The van der Waals surface area contributed by atoms with Crippen molar-refractivity contribution in [2.45, 2.75) is 11.8 Å². The van der Waals surface area contributed by atoms with E-state index in [9.17, 15) is 14.0 Å². The van der Waals surface area contributed by atoms with Gasteiger partial charge in [0.2, 0.25) is 5.91 Å². The van der Waals surface area contributed by atoms with Crippen LogP contribution >= 0.6 is 0 Å². The molecular weight excluding hydrogens is 225 g/mol. The van der Waals surface area contributed by atoms with Crippen molar-refractivity contribution in [1.82, 2.24) is 0 Å². The third-order valence-corrected chi connectivity index (χ3v) is 3.75. The van der Waals surface area contributed by atoms with Crippen LogP contribution in [0.25, 0.3) is 0 Å². The number of nitrogens with zero attached hydrogens (tertiary/aromatic N) is 1. The van der Waals surface area contributed by atoms with E-state index in [1.807, 2.05) is 0 Å². The lowest BCUT2D eigenvalue weighted by atomic mass is 9.95. The van der Waals surface area contributed by atoms with Crippen molar-refractivity contribution in [2.75, 3.05) is 11.9 Å². The highest BCUT2D eigenvalue weighted by molar-refractivity contribution is 6.13. The van der Waals surface area contributed by atoms with Crippen molar-refractivity contribution in [1.29, 1.82) is 0 Å². The SMILES string of the molecule is CN1C(=O)C2(CC2C(=O)O)c2ccc(F)cc21. The molecule has 0 radical (unpaired) electrons. The zero-order valence-electron chi connectivity index (χ0n) is 9.11. The Bertz CT molecular complexity index is 557. The molecule has 1 aromatic rings. The molecule has 1 heterocycles. The summed E-state index contributed by atoms with van der Waals surface area (Å²) in [5.41, 5.74) is 0.182. The molecule has 88 valence electrons. The molecular formula is C12H10FNO3. The minimum Gasteiger partial charge on any atom is -0.481 e. The van der Waals surface area contributed by atoms with Gasteiger partial charge in [-0.25, -0.2) is 4.39 Å². The third-order valence-electron chi connectivity index (χ3n) is 3.75. The summed E-state index contributed by atoms with van der Waals surface area (Å²) in [7, 11) is 1.55. The Morgan fingerprint density at radius 1 is 1.59 bits per heavy atom. The number of hydrogen-bond donors (Lipinski definition) is 1. The lowest BCUT2D eigenvalue weighted by Gasteiger charge is -2.10. The number of halogens is 1. The van der Waals surface area contributed by atoms with Crippen molar-refractivity contribution in [2.24, 2.45) is 5.92 Å². The van der Waals surface area contributed by atoms with Crippen molar-refractivity contribution < 1.29 is 19.1 Å². The predicted molar refractivity (Wildman–Crippen MR) is 57.2 cm³/mol. The predicted octanol–water partition coefficient (Wildman–Crippen LogP) is 1.14. The fourth-order valence-corrected chi connectivity index (χ4v) is 2.78. The highest BCUT2D eigenvalue weighted by atomic mass is 19.1. The van der Waals surface area contributed by atoms with E-state index in [0.717, 1.165) is 0 Å². The highest BCUT2D eigenvalue weighted by Gasteiger charge is 2.69. The molecule has 2 atom stereocenters. The van der Waals surface area contributed by atoms with E-state index in [1.54, 1.807) is 7.05 Å². The molecule has 4 nitrogen and oxygen atoms in total. The van der Waals surface area contributed by atoms with E-state index in [0.29, 0.717) is 17.7 Å². The number of benzene rings is 1. The first-order valence-electron chi connectivity index (χ1n) is 5.29. The number of rotatable bonds is 1. The number of carboxylic acids is 1. The number of amides is 1. The molecule has 2 unspecified atom stereocenters. The van der Waals surface area contributed by atoms with Crippen molar-refractivity contribution in [3.05, 3.63) is 29.6 Å². The van der Waals surface area contributed by atoms with Crippen LogP contribution in [0, 0.1) is 11.7 Å². The van der Waals surface area contributed by atoms with Gasteiger partial charge in [-0.05, 0) is 24.1 Å². The van der Waals surface area contributed by atoms with Gasteiger partial charge in [-0.15, -0.1) is 0 Å². The monoisotopic (exact) mass is 235 g/mol. The maximum atomic E-state index is 13.1. The van der Waals surface area contributed by atoms with Gasteiger partial charge in [0.15, 0.2) is 0 Å². The lowest BCUT2D eigenvalue weighted by molar-refractivity contribution is -0.140. The van der Waals surface area contributed by atoms with Crippen LogP contribution in [0.2, 0.25) is 0 Å². The first kappa shape index (κ1) is 10.3. The maximum absolute atomic E-state index is 13.1. The van der Waals surface area contributed by atoms with E-state index in [-0.39, 0.29) is 5.91 Å². The molecule has 1 saturated carbocycles. The molecule has 5 heteroatoms. The molecule has 17 heavy (non-hydrogen) atoms. The smallest absolute Gasteiger partial charge is 0.307 e. The summed E-state index contributed by atoms with van der Waals surface area (Å²) in [4.78, 5) is 24.5. The summed E-state index contributed by atoms with van der Waals surface area (Å²) < 4.78 is 13.1. The summed E-state index contributed by atoms with van der Waals surface area (Å²) in [6.45, 7) is 0. The van der Waals surface area contributed by atoms with Crippen LogP contribution in [0.1, 0.15) is 12.0 Å². The Morgan fingerprint density at radius 3 is 2.88 bits per heavy atom. The molecule has 1 aromatic carbocycles. The minimum absolute atomic E-state index is 0.245. The van der Waals surface area contributed by atoms with Gasteiger partial charge in [-0.1, -0.05) is 6.07 Å². The summed E-state index contributed by atoms with van der Waals surface area (Å²) in [6, 6.07) is 4.07. The fourth-order valence-electron chi connectivity index (χ4n) is 2.78. The first-order valence-corrected chi connectivity index (χ1v) is 5.29. The Balaban J connectivity index is 2.17. The number of fused-ring (bicyclic) bond motifs is 2. The molecule has 0 aromatic heterocycles. The average Bonchev–Trinajstić information content (AvgIpc) is 2.99. The van der Waals surface area contributed by atoms with Crippen molar-refractivity contribution >= 4 is 17.6 Å². The van der Waals surface area contributed by atoms with Crippen LogP contribution in [-0.4, -0.2) is 24.0 Å². The first-order chi connectivity index (χ1) is 7.98. The number of carbonyl (C=O) groups excluding carboxylic acids is 1. The molecule has 0 bridgehead atoms. The van der Waals surface area contributed by atoms with Gasteiger partial charge in [0.05, 0.1) is 17.0 Å². The standard InChI is InChI=1S/C12H10FNO3/c1-14-9-4-6(13)2-3-7(9)12(11(14)17)5-8(12)10(15)16/h2-4,8H,5H2,1H3,(H,15,16). The number of hydrogen-bond acceptors (Lipinski definition) is 2. The zero-order chi connectivity index (χ0) is 12.4. The maximum Gasteiger partial charge on any atom is 0.307 e. The second-order valence-corrected chi connectivity index (χ2v) is 4.59. The molecule has 1 N–H and O–H groups in total. The second-order valence-electron chi connectivity index (χ2n) is 4.59. The molecule has 1 fully saturated rings. The number of anilines is 1. The van der Waals surface area contributed by atoms with Crippen LogP contribution in [0.15, 0.2) is 18.2 Å². The number of likely N-dealkylation sites (N-methyl/N-ethyl adjacent to an activating group) is 1. The molecule has 0 saturated heterocycles. The van der Waals surface area contributed by atoms with Crippen molar-refractivity contribution in [3.8, 4) is 0 Å². The molecule has 3 rings (SSSR count). The quantitative estimate of drug-likeness (QED) is 0.794. The Morgan fingerprint density at radius 2 is 2.29 bits per heavy atom. The van der Waals surface area contributed by atoms with Gasteiger partial charge in [-0.2, -0.15) is 0 Å². The topological polar surface area (TPSA) is 57.6 Å². The second kappa shape index (κ2) is 2.85. The molecule has 2 aliphatic rings. The largest absolute Gasteiger partial charge is 0.481 e. The van der Waals surface area contributed by atoms with E-state index in [2.05, 4.69) is 0 Å². The lowest BCUT2D eigenvalue weighted by Crippen LogP contribution is -2.30. The molecule has 1 aliphatic carbocycles. The number of aliphatic carboxylic acids is 1. The van der Waals surface area contributed by atoms with E-state index in [4.69, 9.17) is 5.11 Å². The van der Waals surface area contributed by atoms with Gasteiger partial charge < -0.3 is 10.0 Å². The van der Waals surface area contributed by atoms with E-state index in [1.165, 1.54) is 23.1 Å². The molecule has 1 amide bonds. The number of carboxylic acid groups (broad SMARTS) is 1. The Hall–Kier alpha value is -1.91. The van der Waals surface area contributed by atoms with Gasteiger partial charge in [-0.3, -0.25) is 9.59 Å². The van der Waals surface area contributed by atoms with Gasteiger partial charge in [0.1, 0.15) is 5.82 Å². The average molecular weight is 235 g/mol. The highest BCUT2D eigenvalue weighted by Crippen LogP contribution is 2.61. The van der Waals surface area contributed by atoms with Gasteiger partial charge >= 0.3 is 5.97 Å². The van der Waals surface area contributed by atoms with Crippen LogP contribution in [-0.2, 0) is 15.0 Å². The normalized spacial score (nSPS) is 29.6. The summed E-state index contributed by atoms with van der Waals surface area (Å²) in [6.07, 6.45) is 0.310. The van der Waals surface area contributed by atoms with Gasteiger partial charge in [0.25, 0.3) is 0 Å². The molecule has 1 aliphatic heterocycles. The zero-order valence-corrected chi connectivity index (χ0v) is 9.11. The summed E-state index contributed by atoms with van der Waals surface area (Å²) >= 11 is 0. The van der Waals surface area contributed by atoms with Crippen LogP contribution < -0.4 is 4.90 Å². The van der Waals surface area contributed by atoms with Gasteiger partial charge in [0, 0.05) is 7.05 Å². The molecule has 1 spiro atoms. The minimum atomic E-state index is -0.969. The van der Waals surface area contributed by atoms with E-state index >= 15 is 0 Å². The van der Waals surface area contributed by atoms with Crippen molar-refractivity contribution in [3.63, 3.8) is 0 Å². The van der Waals surface area contributed by atoms with Crippen LogP contribution in [0.5, 0.6) is 0 Å². The summed E-state index contributed by atoms with van der Waals surface area (Å²) in [5.74, 6) is -2.31.